The Balaban J connectivity index is 2.08. The zero-order chi connectivity index (χ0) is 13.7. The van der Waals surface area contributed by atoms with Gasteiger partial charge in [0.1, 0.15) is 5.69 Å². The highest BCUT2D eigenvalue weighted by atomic mass is 16.2. The molecule has 4 nitrogen and oxygen atoms in total. The molecule has 0 aromatic carbocycles. The van der Waals surface area contributed by atoms with E-state index >= 15 is 0 Å². The summed E-state index contributed by atoms with van der Waals surface area (Å²) in [6.45, 7) is 0. The van der Waals surface area contributed by atoms with Gasteiger partial charge in [-0.2, -0.15) is 0 Å². The van der Waals surface area contributed by atoms with E-state index < -0.39 is 0 Å². The number of carbonyl (C=O) groups is 1. The number of nitrogens with one attached hydrogen (secondary N) is 1. The van der Waals surface area contributed by atoms with Gasteiger partial charge in [-0.05, 0) is 25.0 Å². The molecule has 0 atom stereocenters. The fourth-order valence-electron chi connectivity index (χ4n) is 2.69. The average molecular weight is 261 g/mol. The Labute approximate surface area is 115 Å². The lowest BCUT2D eigenvalue weighted by Gasteiger charge is -2.27. The van der Waals surface area contributed by atoms with E-state index in [0.29, 0.717) is 11.7 Å². The zero-order valence-corrected chi connectivity index (χ0v) is 11.9. The molecule has 0 aliphatic heterocycles. The minimum absolute atomic E-state index is 0.0315. The molecular weight excluding hydrogens is 238 g/mol. The van der Waals surface area contributed by atoms with Crippen molar-refractivity contribution in [1.82, 2.24) is 9.88 Å². The number of hydrogen-bond donors (Lipinski definition) is 1. The van der Waals surface area contributed by atoms with E-state index in [0.717, 1.165) is 18.5 Å². The first-order chi connectivity index (χ1) is 9.22. The van der Waals surface area contributed by atoms with Crippen LogP contribution in [0, 0.1) is 0 Å². The number of aromatic nitrogens is 1. The van der Waals surface area contributed by atoms with Gasteiger partial charge >= 0.3 is 0 Å². The molecule has 0 spiro atoms. The normalized spacial score (nSPS) is 16.7. The van der Waals surface area contributed by atoms with E-state index in [1.807, 2.05) is 31.1 Å². The number of anilines is 1. The molecule has 104 valence electrons. The lowest BCUT2D eigenvalue weighted by atomic mass is 10.1. The molecule has 0 saturated heterocycles. The third-order valence-electron chi connectivity index (χ3n) is 3.96. The SMILES string of the molecule is CNc1ccnc(C(=O)N(C)C2CCCCCC2)c1. The standard InChI is InChI=1S/C15H23N3O/c1-16-12-9-10-17-14(11-12)15(19)18(2)13-7-5-3-4-6-8-13/h9-11,13H,3-8H2,1-2H3,(H,16,17). The Hall–Kier alpha value is -1.58. The van der Waals surface area contributed by atoms with E-state index in [9.17, 15) is 4.79 Å². The third-order valence-corrected chi connectivity index (χ3v) is 3.96. The van der Waals surface area contributed by atoms with Crippen LogP contribution in [0.2, 0.25) is 0 Å². The van der Waals surface area contributed by atoms with Gasteiger partial charge in [0.15, 0.2) is 0 Å². The summed E-state index contributed by atoms with van der Waals surface area (Å²) in [6, 6.07) is 4.05. The summed E-state index contributed by atoms with van der Waals surface area (Å²) in [5.74, 6) is 0.0315. The van der Waals surface area contributed by atoms with Crippen molar-refractivity contribution in [2.75, 3.05) is 19.4 Å². The van der Waals surface area contributed by atoms with Crippen LogP contribution in [0.5, 0.6) is 0 Å². The first-order valence-corrected chi connectivity index (χ1v) is 7.13. The van der Waals surface area contributed by atoms with Gasteiger partial charge in [0.25, 0.3) is 5.91 Å². The highest BCUT2D eigenvalue weighted by molar-refractivity contribution is 5.93. The second kappa shape index (κ2) is 6.55. The summed E-state index contributed by atoms with van der Waals surface area (Å²) in [6.07, 6.45) is 8.97. The predicted molar refractivity (Wildman–Crippen MR) is 77.4 cm³/mol. The molecule has 1 aliphatic carbocycles. The molecule has 0 unspecified atom stereocenters. The molecule has 1 N–H and O–H groups in total. The Morgan fingerprint density at radius 1 is 1.32 bits per heavy atom. The van der Waals surface area contributed by atoms with Crippen LogP contribution in [-0.2, 0) is 0 Å². The van der Waals surface area contributed by atoms with Gasteiger partial charge in [-0.1, -0.05) is 25.7 Å². The van der Waals surface area contributed by atoms with Crippen LogP contribution in [0.4, 0.5) is 5.69 Å². The Morgan fingerprint density at radius 3 is 2.63 bits per heavy atom. The van der Waals surface area contributed by atoms with Crippen molar-refractivity contribution in [2.45, 2.75) is 44.6 Å². The van der Waals surface area contributed by atoms with Gasteiger partial charge in [-0.3, -0.25) is 9.78 Å². The van der Waals surface area contributed by atoms with Crippen LogP contribution in [0.3, 0.4) is 0 Å². The van der Waals surface area contributed by atoms with Gasteiger partial charge in [-0.15, -0.1) is 0 Å². The van der Waals surface area contributed by atoms with Crippen LogP contribution >= 0.6 is 0 Å². The average Bonchev–Trinajstić information content (AvgIpc) is 2.75. The predicted octanol–water partition coefficient (Wildman–Crippen LogP) is 2.92. The van der Waals surface area contributed by atoms with Gasteiger partial charge in [0.05, 0.1) is 0 Å². The summed E-state index contributed by atoms with van der Waals surface area (Å²) in [5.41, 5.74) is 1.45. The summed E-state index contributed by atoms with van der Waals surface area (Å²) in [7, 11) is 3.75. The van der Waals surface area contributed by atoms with Crippen molar-refractivity contribution in [3.05, 3.63) is 24.0 Å². The number of carbonyl (C=O) groups excluding carboxylic acids is 1. The fourth-order valence-corrected chi connectivity index (χ4v) is 2.69. The molecule has 1 heterocycles. The first-order valence-electron chi connectivity index (χ1n) is 7.13. The molecule has 19 heavy (non-hydrogen) atoms. The zero-order valence-electron chi connectivity index (χ0n) is 11.9. The molecule has 0 bridgehead atoms. The lowest BCUT2D eigenvalue weighted by Crippen LogP contribution is -2.37. The summed E-state index contributed by atoms with van der Waals surface area (Å²) in [4.78, 5) is 18.5. The van der Waals surface area contributed by atoms with Crippen molar-refractivity contribution in [3.63, 3.8) is 0 Å². The monoisotopic (exact) mass is 261 g/mol. The maximum Gasteiger partial charge on any atom is 0.272 e. The summed E-state index contributed by atoms with van der Waals surface area (Å²) < 4.78 is 0. The van der Waals surface area contributed by atoms with Crippen molar-refractivity contribution in [3.8, 4) is 0 Å². The second-order valence-corrected chi connectivity index (χ2v) is 5.24. The van der Waals surface area contributed by atoms with Crippen LogP contribution < -0.4 is 5.32 Å². The maximum atomic E-state index is 12.5. The fraction of sp³-hybridized carbons (Fsp3) is 0.600. The molecule has 1 saturated carbocycles. The molecule has 0 radical (unpaired) electrons. The molecule has 1 aliphatic rings. The van der Waals surface area contributed by atoms with Crippen LogP contribution in [0.25, 0.3) is 0 Å². The number of amides is 1. The van der Waals surface area contributed by atoms with E-state index in [4.69, 9.17) is 0 Å². The van der Waals surface area contributed by atoms with Crippen molar-refractivity contribution < 1.29 is 4.79 Å². The van der Waals surface area contributed by atoms with E-state index in [1.165, 1.54) is 25.7 Å². The molecule has 1 aromatic rings. The summed E-state index contributed by atoms with van der Waals surface area (Å²) >= 11 is 0. The van der Waals surface area contributed by atoms with E-state index in [2.05, 4.69) is 10.3 Å². The maximum absolute atomic E-state index is 12.5. The van der Waals surface area contributed by atoms with Gasteiger partial charge in [-0.25, -0.2) is 0 Å². The molecule has 1 aromatic heterocycles. The quantitative estimate of drug-likeness (QED) is 0.851. The molecule has 1 amide bonds. The minimum Gasteiger partial charge on any atom is -0.388 e. The van der Waals surface area contributed by atoms with Crippen molar-refractivity contribution in [2.24, 2.45) is 0 Å². The molecule has 4 heteroatoms. The second-order valence-electron chi connectivity index (χ2n) is 5.24. The van der Waals surface area contributed by atoms with Crippen LogP contribution in [-0.4, -0.2) is 35.9 Å². The Bertz CT molecular complexity index is 425. The molecular formula is C15H23N3O. The van der Waals surface area contributed by atoms with E-state index in [1.54, 1.807) is 6.20 Å². The van der Waals surface area contributed by atoms with E-state index in [-0.39, 0.29) is 5.91 Å². The Morgan fingerprint density at radius 2 is 2.00 bits per heavy atom. The first kappa shape index (κ1) is 13.8. The minimum atomic E-state index is 0.0315. The topological polar surface area (TPSA) is 45.2 Å². The van der Waals surface area contributed by atoms with Gasteiger partial charge in [0.2, 0.25) is 0 Å². The van der Waals surface area contributed by atoms with Crippen LogP contribution in [0.15, 0.2) is 18.3 Å². The number of rotatable bonds is 3. The molecule has 2 rings (SSSR count). The largest absolute Gasteiger partial charge is 0.388 e. The van der Waals surface area contributed by atoms with Crippen molar-refractivity contribution >= 4 is 11.6 Å². The number of hydrogen-bond acceptors (Lipinski definition) is 3. The smallest absolute Gasteiger partial charge is 0.272 e. The Kier molecular flexibility index (Phi) is 4.77. The van der Waals surface area contributed by atoms with Gasteiger partial charge in [0, 0.05) is 32.0 Å². The number of nitrogens with zero attached hydrogens (tertiary/aromatic N) is 2. The van der Waals surface area contributed by atoms with Gasteiger partial charge < -0.3 is 10.2 Å². The highest BCUT2D eigenvalue weighted by Gasteiger charge is 2.22. The summed E-state index contributed by atoms with van der Waals surface area (Å²) in [5, 5.41) is 3.04. The van der Waals surface area contributed by atoms with Crippen molar-refractivity contribution in [1.29, 1.82) is 0 Å². The van der Waals surface area contributed by atoms with Crippen LogP contribution in [0.1, 0.15) is 49.0 Å². The third kappa shape index (κ3) is 3.46. The number of pyridine rings is 1. The lowest BCUT2D eigenvalue weighted by molar-refractivity contribution is 0.0712. The molecule has 1 fully saturated rings. The highest BCUT2D eigenvalue weighted by Crippen LogP contribution is 2.22.